The first kappa shape index (κ1) is 12.6. The smallest absolute Gasteiger partial charge is 0.410 e. The van der Waals surface area contributed by atoms with E-state index >= 15 is 0 Å². The molecule has 1 atom stereocenters. The van der Waals surface area contributed by atoms with E-state index in [1.54, 1.807) is 4.90 Å². The zero-order chi connectivity index (χ0) is 12.7. The maximum atomic E-state index is 11.9. The van der Waals surface area contributed by atoms with Gasteiger partial charge in [-0.1, -0.05) is 0 Å². The van der Waals surface area contributed by atoms with Gasteiger partial charge in [0, 0.05) is 31.0 Å². The van der Waals surface area contributed by atoms with Crippen LogP contribution in [0.3, 0.4) is 0 Å². The highest BCUT2D eigenvalue weighted by atomic mass is 16.6. The van der Waals surface area contributed by atoms with Crippen molar-refractivity contribution in [2.24, 2.45) is 11.3 Å². The summed E-state index contributed by atoms with van der Waals surface area (Å²) in [5.41, 5.74) is -0.511. The quantitative estimate of drug-likeness (QED) is 0.742. The molecule has 1 N–H and O–H groups in total. The van der Waals surface area contributed by atoms with Crippen molar-refractivity contribution >= 4 is 6.09 Å². The fourth-order valence-corrected chi connectivity index (χ4v) is 2.44. The van der Waals surface area contributed by atoms with Crippen molar-refractivity contribution in [3.63, 3.8) is 0 Å². The summed E-state index contributed by atoms with van der Waals surface area (Å²) in [5, 5.41) is 9.36. The number of rotatable bonds is 1. The van der Waals surface area contributed by atoms with Crippen molar-refractivity contribution in [2.75, 3.05) is 32.9 Å². The molecule has 1 amide bonds. The first-order valence-corrected chi connectivity index (χ1v) is 6.03. The van der Waals surface area contributed by atoms with Gasteiger partial charge >= 0.3 is 6.09 Å². The highest BCUT2D eigenvalue weighted by molar-refractivity contribution is 5.68. The van der Waals surface area contributed by atoms with Crippen molar-refractivity contribution in [3.8, 4) is 0 Å². The van der Waals surface area contributed by atoms with Crippen LogP contribution in [-0.4, -0.2) is 54.6 Å². The third kappa shape index (κ3) is 2.40. The molecule has 0 radical (unpaired) electrons. The van der Waals surface area contributed by atoms with Crippen LogP contribution >= 0.6 is 0 Å². The number of hydrogen-bond donors (Lipinski definition) is 1. The minimum Gasteiger partial charge on any atom is -0.444 e. The fourth-order valence-electron chi connectivity index (χ4n) is 2.44. The van der Waals surface area contributed by atoms with Crippen LogP contribution in [0.5, 0.6) is 0 Å². The molecule has 5 heteroatoms. The number of hydrogen-bond acceptors (Lipinski definition) is 4. The molecule has 0 aromatic rings. The number of ether oxygens (including phenoxy) is 2. The third-order valence-electron chi connectivity index (χ3n) is 3.46. The van der Waals surface area contributed by atoms with E-state index in [1.807, 2.05) is 20.8 Å². The van der Waals surface area contributed by atoms with Crippen LogP contribution in [-0.2, 0) is 9.47 Å². The molecule has 0 aromatic heterocycles. The SMILES string of the molecule is CC(C)(C)OC(=O)N1CC(CO)C2(COC2)C1. The fraction of sp³-hybridized carbons (Fsp3) is 0.917. The van der Waals surface area contributed by atoms with Gasteiger partial charge in [-0.25, -0.2) is 4.79 Å². The van der Waals surface area contributed by atoms with Gasteiger partial charge in [0.05, 0.1) is 13.2 Å². The lowest BCUT2D eigenvalue weighted by Gasteiger charge is -2.41. The van der Waals surface area contributed by atoms with E-state index in [-0.39, 0.29) is 24.0 Å². The lowest BCUT2D eigenvalue weighted by molar-refractivity contribution is -0.134. The van der Waals surface area contributed by atoms with Gasteiger partial charge in [-0.3, -0.25) is 0 Å². The third-order valence-corrected chi connectivity index (χ3v) is 3.46. The lowest BCUT2D eigenvalue weighted by Crippen LogP contribution is -2.50. The van der Waals surface area contributed by atoms with Gasteiger partial charge in [-0.05, 0) is 20.8 Å². The van der Waals surface area contributed by atoms with Crippen LogP contribution in [0.2, 0.25) is 0 Å². The molecule has 98 valence electrons. The summed E-state index contributed by atoms with van der Waals surface area (Å²) < 4.78 is 10.6. The van der Waals surface area contributed by atoms with E-state index in [1.165, 1.54) is 0 Å². The van der Waals surface area contributed by atoms with E-state index in [9.17, 15) is 9.90 Å². The van der Waals surface area contributed by atoms with Crippen LogP contribution in [0.4, 0.5) is 4.79 Å². The predicted molar refractivity (Wildman–Crippen MR) is 61.6 cm³/mol. The van der Waals surface area contributed by atoms with Crippen molar-refractivity contribution in [2.45, 2.75) is 26.4 Å². The minimum absolute atomic E-state index is 0.0361. The van der Waals surface area contributed by atoms with E-state index < -0.39 is 5.60 Å². The normalized spacial score (nSPS) is 27.1. The number of aliphatic hydroxyl groups excluding tert-OH is 1. The summed E-state index contributed by atoms with van der Waals surface area (Å²) in [6.07, 6.45) is -0.292. The lowest BCUT2D eigenvalue weighted by atomic mass is 9.77. The molecular weight excluding hydrogens is 222 g/mol. The number of nitrogens with zero attached hydrogens (tertiary/aromatic N) is 1. The highest BCUT2D eigenvalue weighted by Crippen LogP contribution is 2.42. The Bertz CT molecular complexity index is 306. The molecule has 2 rings (SSSR count). The molecule has 0 bridgehead atoms. The van der Waals surface area contributed by atoms with E-state index in [2.05, 4.69) is 0 Å². The van der Waals surface area contributed by atoms with Crippen LogP contribution in [0.25, 0.3) is 0 Å². The molecular formula is C12H21NO4. The first-order chi connectivity index (χ1) is 7.86. The molecule has 2 saturated heterocycles. The van der Waals surface area contributed by atoms with Gasteiger partial charge in [0.2, 0.25) is 0 Å². The molecule has 2 heterocycles. The molecule has 0 saturated carbocycles. The highest BCUT2D eigenvalue weighted by Gasteiger charge is 2.53. The Kier molecular flexibility index (Phi) is 3.08. The van der Waals surface area contributed by atoms with Crippen LogP contribution in [0, 0.1) is 11.3 Å². The summed E-state index contributed by atoms with van der Waals surface area (Å²) in [6, 6.07) is 0. The molecule has 2 aliphatic heterocycles. The van der Waals surface area contributed by atoms with Gasteiger partial charge in [-0.15, -0.1) is 0 Å². The summed E-state index contributed by atoms with van der Waals surface area (Å²) in [7, 11) is 0. The van der Waals surface area contributed by atoms with Crippen LogP contribution < -0.4 is 0 Å². The van der Waals surface area contributed by atoms with Gasteiger partial charge in [0.25, 0.3) is 0 Å². The summed E-state index contributed by atoms with van der Waals surface area (Å²) in [6.45, 7) is 8.13. The molecule has 2 aliphatic rings. The van der Waals surface area contributed by atoms with Crippen molar-refractivity contribution in [3.05, 3.63) is 0 Å². The van der Waals surface area contributed by atoms with E-state index in [0.717, 1.165) is 0 Å². The summed E-state index contributed by atoms with van der Waals surface area (Å²) in [4.78, 5) is 13.6. The first-order valence-electron chi connectivity index (χ1n) is 6.03. The Morgan fingerprint density at radius 1 is 1.53 bits per heavy atom. The van der Waals surface area contributed by atoms with Crippen molar-refractivity contribution in [1.29, 1.82) is 0 Å². The topological polar surface area (TPSA) is 59.0 Å². The molecule has 0 aliphatic carbocycles. The number of carbonyl (C=O) groups is 1. The second kappa shape index (κ2) is 4.14. The monoisotopic (exact) mass is 243 g/mol. The maximum Gasteiger partial charge on any atom is 0.410 e. The second-order valence-corrected chi connectivity index (χ2v) is 6.10. The molecule has 1 spiro atoms. The van der Waals surface area contributed by atoms with Crippen molar-refractivity contribution < 1.29 is 19.4 Å². The Balaban J connectivity index is 1.98. The number of aliphatic hydroxyl groups is 1. The Hall–Kier alpha value is -0.810. The van der Waals surface area contributed by atoms with Crippen molar-refractivity contribution in [1.82, 2.24) is 4.90 Å². The Morgan fingerprint density at radius 3 is 2.53 bits per heavy atom. The molecule has 17 heavy (non-hydrogen) atoms. The maximum absolute atomic E-state index is 11.9. The molecule has 5 nitrogen and oxygen atoms in total. The Morgan fingerprint density at radius 2 is 2.18 bits per heavy atom. The zero-order valence-corrected chi connectivity index (χ0v) is 10.7. The molecule has 0 aromatic carbocycles. The zero-order valence-electron chi connectivity index (χ0n) is 10.7. The average Bonchev–Trinajstić information content (AvgIpc) is 2.53. The second-order valence-electron chi connectivity index (χ2n) is 6.10. The average molecular weight is 243 g/mol. The van der Waals surface area contributed by atoms with Crippen LogP contribution in [0.15, 0.2) is 0 Å². The largest absolute Gasteiger partial charge is 0.444 e. The molecule has 1 unspecified atom stereocenters. The summed E-state index contributed by atoms with van der Waals surface area (Å²) in [5.74, 6) is 0.115. The molecule has 2 fully saturated rings. The Labute approximate surface area is 102 Å². The minimum atomic E-state index is -0.475. The van der Waals surface area contributed by atoms with E-state index in [4.69, 9.17) is 9.47 Å². The number of amides is 1. The van der Waals surface area contributed by atoms with Crippen LogP contribution in [0.1, 0.15) is 20.8 Å². The predicted octanol–water partition coefficient (Wildman–Crippen LogP) is 0.862. The van der Waals surface area contributed by atoms with Gasteiger partial charge < -0.3 is 19.5 Å². The van der Waals surface area contributed by atoms with Gasteiger partial charge in [0.15, 0.2) is 0 Å². The van der Waals surface area contributed by atoms with E-state index in [0.29, 0.717) is 26.3 Å². The standard InChI is InChI=1S/C12H21NO4/c1-11(2,3)17-10(15)13-4-9(5-14)12(6-13)7-16-8-12/h9,14H,4-8H2,1-3H3. The number of carbonyl (C=O) groups excluding carboxylic acids is 1. The number of likely N-dealkylation sites (tertiary alicyclic amines) is 1. The van der Waals surface area contributed by atoms with Gasteiger partial charge in [-0.2, -0.15) is 0 Å². The van der Waals surface area contributed by atoms with Gasteiger partial charge in [0.1, 0.15) is 5.60 Å². The summed E-state index contributed by atoms with van der Waals surface area (Å²) >= 11 is 0.